The molecule has 0 saturated carbocycles. The minimum absolute atomic E-state index is 0.306. The third-order valence-corrected chi connectivity index (χ3v) is 4.48. The summed E-state index contributed by atoms with van der Waals surface area (Å²) >= 11 is 0. The minimum Gasteiger partial charge on any atom is -0.460 e. The van der Waals surface area contributed by atoms with Crippen LogP contribution in [-0.2, 0) is 19.6 Å². The van der Waals surface area contributed by atoms with Crippen LogP contribution in [0.4, 0.5) is 0 Å². The predicted molar refractivity (Wildman–Crippen MR) is 89.2 cm³/mol. The van der Waals surface area contributed by atoms with Gasteiger partial charge in [0.15, 0.2) is 0 Å². The third kappa shape index (κ3) is 2.96. The average molecular weight is 327 g/mol. The fraction of sp³-hybridized carbons (Fsp3) is 0.389. The molecule has 1 aliphatic heterocycles. The van der Waals surface area contributed by atoms with Gasteiger partial charge in [0.25, 0.3) is 0 Å². The molecule has 0 fully saturated rings. The number of benzene rings is 1. The van der Waals surface area contributed by atoms with Crippen molar-refractivity contribution in [1.82, 2.24) is 14.7 Å². The molecule has 126 valence electrons. The fourth-order valence-electron chi connectivity index (χ4n) is 3.28. The van der Waals surface area contributed by atoms with Crippen LogP contribution in [0.15, 0.2) is 40.8 Å². The molecule has 2 N–H and O–H groups in total. The molecule has 4 rings (SSSR count). The number of hydrogen-bond donors (Lipinski definition) is 2. The van der Waals surface area contributed by atoms with Gasteiger partial charge < -0.3 is 14.6 Å². The molecule has 3 heterocycles. The summed E-state index contributed by atoms with van der Waals surface area (Å²) in [6.07, 6.45) is 0.0806. The molecular formula is C18H21N3O3. The smallest absolute Gasteiger partial charge is 0.134 e. The van der Waals surface area contributed by atoms with Gasteiger partial charge in [-0.3, -0.25) is 9.58 Å². The second kappa shape index (κ2) is 6.39. The maximum absolute atomic E-state index is 9.78. The van der Waals surface area contributed by atoms with Crippen LogP contribution in [0.2, 0.25) is 0 Å². The fourth-order valence-corrected chi connectivity index (χ4v) is 3.28. The topological polar surface area (TPSA) is 74.7 Å². The summed E-state index contributed by atoms with van der Waals surface area (Å²) < 4.78 is 7.86. The van der Waals surface area contributed by atoms with E-state index >= 15 is 0 Å². The first kappa shape index (κ1) is 15.4. The Balaban J connectivity index is 1.53. The molecule has 1 aromatic carbocycles. The highest BCUT2D eigenvalue weighted by Crippen LogP contribution is 2.23. The average Bonchev–Trinajstić information content (AvgIpc) is 3.13. The van der Waals surface area contributed by atoms with Crippen LogP contribution in [0.1, 0.15) is 29.7 Å². The molecule has 0 bridgehead atoms. The molecule has 0 unspecified atom stereocenters. The summed E-state index contributed by atoms with van der Waals surface area (Å²) in [5.41, 5.74) is 2.52. The molecule has 1 atom stereocenters. The summed E-state index contributed by atoms with van der Waals surface area (Å²) in [7, 11) is 0. The van der Waals surface area contributed by atoms with E-state index in [1.165, 1.54) is 0 Å². The molecule has 6 heteroatoms. The van der Waals surface area contributed by atoms with Gasteiger partial charge in [-0.1, -0.05) is 18.2 Å². The van der Waals surface area contributed by atoms with Crippen molar-refractivity contribution in [2.24, 2.45) is 0 Å². The van der Waals surface area contributed by atoms with E-state index in [9.17, 15) is 5.11 Å². The van der Waals surface area contributed by atoms with Crippen molar-refractivity contribution < 1.29 is 14.6 Å². The number of furan rings is 1. The molecule has 0 spiro atoms. The number of aromatic nitrogens is 2. The van der Waals surface area contributed by atoms with Crippen molar-refractivity contribution in [2.75, 3.05) is 13.2 Å². The molecule has 6 nitrogen and oxygen atoms in total. The van der Waals surface area contributed by atoms with Gasteiger partial charge in [0.1, 0.15) is 17.4 Å². The number of aliphatic hydroxyl groups is 2. The molecular weight excluding hydrogens is 306 g/mol. The van der Waals surface area contributed by atoms with E-state index in [1.54, 1.807) is 0 Å². The number of aryl methyl sites for hydroxylation is 1. The van der Waals surface area contributed by atoms with Crippen LogP contribution < -0.4 is 0 Å². The van der Waals surface area contributed by atoms with E-state index in [1.807, 2.05) is 28.9 Å². The SMILES string of the molecule is OC[C@H](O)c1cc2n(n1)CCCN(Cc1cc3ccccc3o1)C2. The summed E-state index contributed by atoms with van der Waals surface area (Å²) in [5, 5.41) is 24.4. The largest absolute Gasteiger partial charge is 0.460 e. The second-order valence-electron chi connectivity index (χ2n) is 6.30. The first-order valence-corrected chi connectivity index (χ1v) is 8.28. The van der Waals surface area contributed by atoms with Crippen LogP contribution in [0, 0.1) is 0 Å². The molecule has 1 aliphatic rings. The lowest BCUT2D eigenvalue weighted by molar-refractivity contribution is 0.0916. The first-order chi connectivity index (χ1) is 11.7. The Bertz CT molecular complexity index is 806. The van der Waals surface area contributed by atoms with Crippen LogP contribution in [0.3, 0.4) is 0 Å². The minimum atomic E-state index is -0.909. The van der Waals surface area contributed by atoms with Gasteiger partial charge in [-0.05, 0) is 24.6 Å². The van der Waals surface area contributed by atoms with E-state index in [4.69, 9.17) is 9.52 Å². The number of fused-ring (bicyclic) bond motifs is 2. The lowest BCUT2D eigenvalue weighted by atomic mass is 10.2. The number of rotatable bonds is 4. The Hall–Kier alpha value is -2.15. The van der Waals surface area contributed by atoms with Gasteiger partial charge in [-0.2, -0.15) is 5.10 Å². The second-order valence-corrected chi connectivity index (χ2v) is 6.30. The molecule has 3 aromatic rings. The van der Waals surface area contributed by atoms with Gasteiger partial charge >= 0.3 is 0 Å². The van der Waals surface area contributed by atoms with E-state index in [0.717, 1.165) is 55.0 Å². The van der Waals surface area contributed by atoms with Crippen LogP contribution in [0.25, 0.3) is 11.0 Å². The zero-order chi connectivity index (χ0) is 16.5. The van der Waals surface area contributed by atoms with Crippen molar-refractivity contribution in [3.63, 3.8) is 0 Å². The van der Waals surface area contributed by atoms with Crippen molar-refractivity contribution in [3.05, 3.63) is 53.5 Å². The predicted octanol–water partition coefficient (Wildman–Crippen LogP) is 2.06. The van der Waals surface area contributed by atoms with Crippen LogP contribution in [-0.4, -0.2) is 38.0 Å². The van der Waals surface area contributed by atoms with Gasteiger partial charge in [0.05, 0.1) is 24.5 Å². The summed E-state index contributed by atoms with van der Waals surface area (Å²) in [5.74, 6) is 0.958. The van der Waals surface area contributed by atoms with Crippen LogP contribution in [0.5, 0.6) is 0 Å². The standard InChI is InChI=1S/C18H21N3O3/c22-12-17(23)16-9-14-10-20(6-3-7-21(14)19-16)11-15-8-13-4-1-2-5-18(13)24-15/h1-2,4-5,8-9,17,22-23H,3,6-7,10-12H2/t17-/m0/s1. The molecule has 2 aromatic heterocycles. The van der Waals surface area contributed by atoms with Gasteiger partial charge in [-0.25, -0.2) is 0 Å². The lowest BCUT2D eigenvalue weighted by Gasteiger charge is -2.17. The lowest BCUT2D eigenvalue weighted by Crippen LogP contribution is -2.22. The van der Waals surface area contributed by atoms with Gasteiger partial charge in [0.2, 0.25) is 0 Å². The Morgan fingerprint density at radius 2 is 2.08 bits per heavy atom. The van der Waals surface area contributed by atoms with E-state index in [-0.39, 0.29) is 6.61 Å². The Kier molecular flexibility index (Phi) is 4.10. The highest BCUT2D eigenvalue weighted by molar-refractivity contribution is 5.77. The van der Waals surface area contributed by atoms with Gasteiger partial charge in [-0.15, -0.1) is 0 Å². The van der Waals surface area contributed by atoms with Crippen molar-refractivity contribution >= 4 is 11.0 Å². The summed E-state index contributed by atoms with van der Waals surface area (Å²) in [6, 6.07) is 12.0. The van der Waals surface area contributed by atoms with E-state index in [2.05, 4.69) is 22.1 Å². The number of para-hydroxylation sites is 1. The Morgan fingerprint density at radius 1 is 1.21 bits per heavy atom. The Labute approximate surface area is 139 Å². The third-order valence-electron chi connectivity index (χ3n) is 4.48. The summed E-state index contributed by atoms with van der Waals surface area (Å²) in [4.78, 5) is 2.33. The molecule has 0 radical (unpaired) electrons. The maximum Gasteiger partial charge on any atom is 0.134 e. The number of hydrogen-bond acceptors (Lipinski definition) is 5. The highest BCUT2D eigenvalue weighted by atomic mass is 16.3. The van der Waals surface area contributed by atoms with Gasteiger partial charge in [0, 0.05) is 25.0 Å². The number of aliphatic hydroxyl groups excluding tert-OH is 2. The van der Waals surface area contributed by atoms with Crippen molar-refractivity contribution in [2.45, 2.75) is 32.2 Å². The molecule has 0 saturated heterocycles. The van der Waals surface area contributed by atoms with Crippen LogP contribution >= 0.6 is 0 Å². The normalized spacial score (nSPS) is 16.9. The quantitative estimate of drug-likeness (QED) is 0.767. The van der Waals surface area contributed by atoms with Crippen molar-refractivity contribution in [1.29, 1.82) is 0 Å². The maximum atomic E-state index is 9.78. The summed E-state index contributed by atoms with van der Waals surface area (Å²) in [6.45, 7) is 2.99. The molecule has 0 amide bonds. The number of nitrogens with zero attached hydrogens (tertiary/aromatic N) is 3. The first-order valence-electron chi connectivity index (χ1n) is 8.28. The zero-order valence-corrected chi connectivity index (χ0v) is 13.4. The monoisotopic (exact) mass is 327 g/mol. The van der Waals surface area contributed by atoms with E-state index < -0.39 is 6.10 Å². The zero-order valence-electron chi connectivity index (χ0n) is 13.4. The highest BCUT2D eigenvalue weighted by Gasteiger charge is 2.20. The molecule has 0 aliphatic carbocycles. The van der Waals surface area contributed by atoms with Crippen molar-refractivity contribution in [3.8, 4) is 0 Å². The molecule has 24 heavy (non-hydrogen) atoms. The van der Waals surface area contributed by atoms with E-state index in [0.29, 0.717) is 5.69 Å². The Morgan fingerprint density at radius 3 is 2.92 bits per heavy atom.